The molecule has 2 N–H and O–H groups in total. The van der Waals surface area contributed by atoms with Gasteiger partial charge in [-0.2, -0.15) is 5.10 Å². The molecule has 1 saturated carbocycles. The van der Waals surface area contributed by atoms with Crippen molar-refractivity contribution >= 4 is 0 Å². The van der Waals surface area contributed by atoms with E-state index in [4.69, 9.17) is 5.73 Å². The lowest BCUT2D eigenvalue weighted by molar-refractivity contribution is 0.0938. The van der Waals surface area contributed by atoms with Crippen LogP contribution in [0.1, 0.15) is 37.8 Å². The molecule has 5 heteroatoms. The van der Waals surface area contributed by atoms with E-state index in [2.05, 4.69) is 28.0 Å². The number of aromatic nitrogens is 2. The third-order valence-corrected chi connectivity index (χ3v) is 4.57. The van der Waals surface area contributed by atoms with Crippen molar-refractivity contribution in [3.05, 3.63) is 18.0 Å². The smallest absolute Gasteiger partial charge is 0.0538 e. The lowest BCUT2D eigenvalue weighted by atomic mass is 10.1. The maximum absolute atomic E-state index is 6.03. The summed E-state index contributed by atoms with van der Waals surface area (Å²) in [4.78, 5) is 5.18. The van der Waals surface area contributed by atoms with Gasteiger partial charge in [0.15, 0.2) is 0 Å². The first-order chi connectivity index (χ1) is 9.81. The first-order valence-corrected chi connectivity index (χ1v) is 8.02. The molecule has 0 bridgehead atoms. The third-order valence-electron chi connectivity index (χ3n) is 4.57. The second-order valence-electron chi connectivity index (χ2n) is 6.09. The van der Waals surface area contributed by atoms with Gasteiger partial charge in [0.25, 0.3) is 0 Å². The number of rotatable bonds is 6. The van der Waals surface area contributed by atoms with Gasteiger partial charge in [0.05, 0.1) is 12.2 Å². The Morgan fingerprint density at radius 3 is 2.65 bits per heavy atom. The Bertz CT molecular complexity index is 418. The summed E-state index contributed by atoms with van der Waals surface area (Å²) in [5, 5.41) is 4.45. The van der Waals surface area contributed by atoms with Crippen LogP contribution in [0, 0.1) is 0 Å². The van der Waals surface area contributed by atoms with E-state index >= 15 is 0 Å². The van der Waals surface area contributed by atoms with Crippen LogP contribution in [0.5, 0.6) is 0 Å². The summed E-state index contributed by atoms with van der Waals surface area (Å²) in [5.41, 5.74) is 7.31. The third kappa shape index (κ3) is 3.05. The largest absolute Gasteiger partial charge is 0.329 e. The second-order valence-corrected chi connectivity index (χ2v) is 6.09. The molecule has 2 heterocycles. The predicted octanol–water partition coefficient (Wildman–Crippen LogP) is 1.07. The van der Waals surface area contributed by atoms with E-state index in [1.54, 1.807) is 0 Å². The molecule has 0 spiro atoms. The fraction of sp³-hybridized carbons (Fsp3) is 0.800. The Balaban J connectivity index is 1.60. The van der Waals surface area contributed by atoms with Crippen molar-refractivity contribution in [1.29, 1.82) is 0 Å². The minimum atomic E-state index is 0.335. The molecular formula is C15H27N5. The maximum atomic E-state index is 6.03. The van der Waals surface area contributed by atoms with Gasteiger partial charge in [-0.1, -0.05) is 6.92 Å². The molecule has 20 heavy (non-hydrogen) atoms. The highest BCUT2D eigenvalue weighted by atomic mass is 15.3. The van der Waals surface area contributed by atoms with Crippen LogP contribution in [0.3, 0.4) is 0 Å². The zero-order valence-corrected chi connectivity index (χ0v) is 12.5. The van der Waals surface area contributed by atoms with Gasteiger partial charge in [0, 0.05) is 57.1 Å². The molecule has 1 aliphatic carbocycles. The number of hydrogen-bond donors (Lipinski definition) is 1. The van der Waals surface area contributed by atoms with Crippen molar-refractivity contribution in [3.63, 3.8) is 0 Å². The molecule has 2 fully saturated rings. The monoisotopic (exact) mass is 277 g/mol. The zero-order valence-electron chi connectivity index (χ0n) is 12.5. The number of aryl methyl sites for hydroxylation is 1. The SMILES string of the molecule is CCCn1cc(C(CN)N2CCN(C3CC3)CC2)cn1. The molecule has 1 aliphatic heterocycles. The molecule has 1 saturated heterocycles. The number of nitrogens with zero attached hydrogens (tertiary/aromatic N) is 4. The van der Waals surface area contributed by atoms with Crippen LogP contribution in [-0.2, 0) is 6.54 Å². The highest BCUT2D eigenvalue weighted by Gasteiger charge is 2.33. The summed E-state index contributed by atoms with van der Waals surface area (Å²) in [7, 11) is 0. The van der Waals surface area contributed by atoms with Gasteiger partial charge in [-0.25, -0.2) is 0 Å². The van der Waals surface area contributed by atoms with E-state index < -0.39 is 0 Å². The Morgan fingerprint density at radius 1 is 1.30 bits per heavy atom. The highest BCUT2D eigenvalue weighted by molar-refractivity contribution is 5.12. The standard InChI is InChI=1S/C15H27N5/c1-2-5-20-12-13(11-17-20)15(10-16)19-8-6-18(7-9-19)14-3-4-14/h11-12,14-15H,2-10,16H2,1H3. The zero-order chi connectivity index (χ0) is 13.9. The van der Waals surface area contributed by atoms with E-state index in [0.29, 0.717) is 12.6 Å². The molecule has 1 aromatic heterocycles. The molecule has 1 unspecified atom stereocenters. The second kappa shape index (κ2) is 6.24. The molecule has 0 aromatic carbocycles. The van der Waals surface area contributed by atoms with Crippen molar-refractivity contribution in [2.75, 3.05) is 32.7 Å². The van der Waals surface area contributed by atoms with Crippen LogP contribution < -0.4 is 5.73 Å². The fourth-order valence-corrected chi connectivity index (χ4v) is 3.25. The van der Waals surface area contributed by atoms with Gasteiger partial charge in [-0.3, -0.25) is 14.5 Å². The summed E-state index contributed by atoms with van der Waals surface area (Å²) in [6.45, 7) is 8.52. The number of hydrogen-bond acceptors (Lipinski definition) is 4. The minimum Gasteiger partial charge on any atom is -0.329 e. The van der Waals surface area contributed by atoms with Crippen molar-refractivity contribution < 1.29 is 0 Å². The molecule has 3 rings (SSSR count). The number of piperazine rings is 1. The first-order valence-electron chi connectivity index (χ1n) is 8.02. The first kappa shape index (κ1) is 14.0. The van der Waals surface area contributed by atoms with E-state index in [-0.39, 0.29) is 0 Å². The average Bonchev–Trinajstić information content (AvgIpc) is 3.22. The maximum Gasteiger partial charge on any atom is 0.0538 e. The lowest BCUT2D eigenvalue weighted by Gasteiger charge is -2.38. The van der Waals surface area contributed by atoms with Crippen LogP contribution in [0.15, 0.2) is 12.4 Å². The Morgan fingerprint density at radius 2 is 2.05 bits per heavy atom. The van der Waals surface area contributed by atoms with Crippen molar-refractivity contribution in [2.45, 2.75) is 44.8 Å². The molecule has 0 amide bonds. The molecule has 112 valence electrons. The van der Waals surface area contributed by atoms with Crippen LogP contribution in [0.2, 0.25) is 0 Å². The summed E-state index contributed by atoms with van der Waals surface area (Å²) in [6, 6.07) is 1.22. The van der Waals surface area contributed by atoms with Crippen LogP contribution >= 0.6 is 0 Å². The Kier molecular flexibility index (Phi) is 4.38. The molecule has 2 aliphatic rings. The highest BCUT2D eigenvalue weighted by Crippen LogP contribution is 2.29. The average molecular weight is 277 g/mol. The van der Waals surface area contributed by atoms with E-state index in [9.17, 15) is 0 Å². The number of nitrogens with two attached hydrogens (primary N) is 1. The molecule has 5 nitrogen and oxygen atoms in total. The normalized spacial score (nSPS) is 23.1. The summed E-state index contributed by atoms with van der Waals surface area (Å²) < 4.78 is 2.04. The van der Waals surface area contributed by atoms with Crippen molar-refractivity contribution in [3.8, 4) is 0 Å². The molecular weight excluding hydrogens is 250 g/mol. The fourth-order valence-electron chi connectivity index (χ4n) is 3.25. The summed E-state index contributed by atoms with van der Waals surface area (Å²) in [6.07, 6.45) is 8.11. The topological polar surface area (TPSA) is 50.3 Å². The van der Waals surface area contributed by atoms with Crippen molar-refractivity contribution in [2.24, 2.45) is 5.73 Å². The van der Waals surface area contributed by atoms with Crippen LogP contribution in [0.25, 0.3) is 0 Å². The predicted molar refractivity (Wildman–Crippen MR) is 80.5 cm³/mol. The summed E-state index contributed by atoms with van der Waals surface area (Å²) in [5.74, 6) is 0. The summed E-state index contributed by atoms with van der Waals surface area (Å²) >= 11 is 0. The molecule has 1 aromatic rings. The molecule has 0 radical (unpaired) electrons. The van der Waals surface area contributed by atoms with Crippen molar-refractivity contribution in [1.82, 2.24) is 19.6 Å². The quantitative estimate of drug-likeness (QED) is 0.845. The van der Waals surface area contributed by atoms with Gasteiger partial charge in [0.1, 0.15) is 0 Å². The van der Waals surface area contributed by atoms with Crippen LogP contribution in [-0.4, -0.2) is 58.3 Å². The van der Waals surface area contributed by atoms with E-state index in [0.717, 1.165) is 32.1 Å². The Labute approximate surface area is 121 Å². The van der Waals surface area contributed by atoms with E-state index in [1.807, 2.05) is 10.9 Å². The molecule has 1 atom stereocenters. The van der Waals surface area contributed by atoms with Gasteiger partial charge >= 0.3 is 0 Å². The van der Waals surface area contributed by atoms with Crippen LogP contribution in [0.4, 0.5) is 0 Å². The van der Waals surface area contributed by atoms with Gasteiger partial charge in [-0.05, 0) is 19.3 Å². The lowest BCUT2D eigenvalue weighted by Crippen LogP contribution is -2.49. The van der Waals surface area contributed by atoms with Gasteiger partial charge in [-0.15, -0.1) is 0 Å². The van der Waals surface area contributed by atoms with Gasteiger partial charge < -0.3 is 5.73 Å². The van der Waals surface area contributed by atoms with E-state index in [1.165, 1.54) is 31.5 Å². The Hall–Kier alpha value is -0.910. The van der Waals surface area contributed by atoms with Gasteiger partial charge in [0.2, 0.25) is 0 Å². The minimum absolute atomic E-state index is 0.335.